The van der Waals surface area contributed by atoms with Crippen LogP contribution in [0.5, 0.6) is 0 Å². The van der Waals surface area contributed by atoms with E-state index in [9.17, 15) is 18.1 Å². The summed E-state index contributed by atoms with van der Waals surface area (Å²) in [4.78, 5) is 9.73. The second-order valence-corrected chi connectivity index (χ2v) is 2.22. The van der Waals surface area contributed by atoms with Crippen LogP contribution in [0.3, 0.4) is 0 Å². The lowest BCUT2D eigenvalue weighted by Crippen LogP contribution is -2.39. The van der Waals surface area contributed by atoms with Crippen LogP contribution >= 0.6 is 0 Å². The SMILES string of the molecule is CCC(C)(N=O)C(F)(F)F. The molecule has 0 rings (SSSR count). The van der Waals surface area contributed by atoms with Gasteiger partial charge < -0.3 is 0 Å². The van der Waals surface area contributed by atoms with Crippen LogP contribution in [0.25, 0.3) is 0 Å². The van der Waals surface area contributed by atoms with Crippen molar-refractivity contribution in [2.75, 3.05) is 0 Å². The number of hydrogen-bond donors (Lipinski definition) is 0. The molecule has 1 unspecified atom stereocenters. The summed E-state index contributed by atoms with van der Waals surface area (Å²) in [5.41, 5.74) is -2.41. The third-order valence-corrected chi connectivity index (χ3v) is 1.50. The van der Waals surface area contributed by atoms with Crippen LogP contribution < -0.4 is 0 Å². The lowest BCUT2D eigenvalue weighted by Gasteiger charge is -2.21. The lowest BCUT2D eigenvalue weighted by atomic mass is 10.0. The fourth-order valence-corrected chi connectivity index (χ4v) is 0.317. The van der Waals surface area contributed by atoms with Crippen molar-refractivity contribution in [3.8, 4) is 0 Å². The molecule has 0 fully saturated rings. The number of nitroso groups, excluding NO2 is 1. The Kier molecular flexibility index (Phi) is 2.40. The molecule has 0 amide bonds. The van der Waals surface area contributed by atoms with Gasteiger partial charge in [0.1, 0.15) is 0 Å². The molecule has 0 N–H and O–H groups in total. The first kappa shape index (κ1) is 9.39. The molecule has 0 aliphatic carbocycles. The quantitative estimate of drug-likeness (QED) is 0.563. The third-order valence-electron chi connectivity index (χ3n) is 1.50. The normalized spacial score (nSPS) is 18.1. The summed E-state index contributed by atoms with van der Waals surface area (Å²) < 4.78 is 35.4. The predicted molar refractivity (Wildman–Crippen MR) is 30.5 cm³/mol. The molecule has 60 valence electrons. The van der Waals surface area contributed by atoms with E-state index in [-0.39, 0.29) is 6.42 Å². The molecule has 0 radical (unpaired) electrons. The summed E-state index contributed by atoms with van der Waals surface area (Å²) in [6, 6.07) is 0. The second kappa shape index (κ2) is 2.56. The van der Waals surface area contributed by atoms with Gasteiger partial charge in [-0.1, -0.05) is 12.1 Å². The molecule has 0 saturated heterocycles. The molecule has 0 bridgehead atoms. The topological polar surface area (TPSA) is 29.4 Å². The molecule has 5 heteroatoms. The number of alkyl halides is 3. The van der Waals surface area contributed by atoms with E-state index in [1.807, 2.05) is 5.18 Å². The van der Waals surface area contributed by atoms with E-state index < -0.39 is 11.7 Å². The molecule has 0 aromatic carbocycles. The van der Waals surface area contributed by atoms with Crippen molar-refractivity contribution in [2.45, 2.75) is 32.0 Å². The largest absolute Gasteiger partial charge is 0.416 e. The van der Waals surface area contributed by atoms with Gasteiger partial charge in [-0.25, -0.2) is 0 Å². The van der Waals surface area contributed by atoms with Crippen LogP contribution in [-0.2, 0) is 0 Å². The Hall–Kier alpha value is -0.610. The van der Waals surface area contributed by atoms with E-state index in [2.05, 4.69) is 0 Å². The standard InChI is InChI=1S/C5H8F3NO/c1-3-4(2,9-10)5(6,7)8/h3H2,1-2H3. The van der Waals surface area contributed by atoms with Gasteiger partial charge in [0.2, 0.25) is 0 Å². The van der Waals surface area contributed by atoms with Crippen LogP contribution in [0, 0.1) is 4.91 Å². The highest BCUT2D eigenvalue weighted by Crippen LogP contribution is 2.35. The van der Waals surface area contributed by atoms with Gasteiger partial charge >= 0.3 is 6.18 Å². The van der Waals surface area contributed by atoms with Crippen LogP contribution in [0.4, 0.5) is 13.2 Å². The molecule has 0 aromatic rings. The highest BCUT2D eigenvalue weighted by atomic mass is 19.4. The van der Waals surface area contributed by atoms with E-state index in [0.29, 0.717) is 0 Å². The zero-order valence-electron chi connectivity index (χ0n) is 5.70. The molecule has 10 heavy (non-hydrogen) atoms. The van der Waals surface area contributed by atoms with Crippen molar-refractivity contribution in [1.29, 1.82) is 0 Å². The van der Waals surface area contributed by atoms with Crippen LogP contribution in [-0.4, -0.2) is 11.7 Å². The summed E-state index contributed by atoms with van der Waals surface area (Å²) in [6.45, 7) is 2.05. The average Bonchev–Trinajstić information content (AvgIpc) is 1.84. The summed E-state index contributed by atoms with van der Waals surface area (Å²) >= 11 is 0. The summed E-state index contributed by atoms with van der Waals surface area (Å²) in [5.74, 6) is 0. The number of nitrogens with zero attached hydrogens (tertiary/aromatic N) is 1. The van der Waals surface area contributed by atoms with E-state index in [0.717, 1.165) is 6.92 Å². The van der Waals surface area contributed by atoms with Crippen LogP contribution in [0.2, 0.25) is 0 Å². The molecule has 2 nitrogen and oxygen atoms in total. The van der Waals surface area contributed by atoms with Gasteiger partial charge in [-0.15, -0.1) is 4.91 Å². The van der Waals surface area contributed by atoms with Gasteiger partial charge in [0.05, 0.1) is 0 Å². The minimum Gasteiger partial charge on any atom is -0.168 e. The molecule has 0 heterocycles. The maximum absolute atomic E-state index is 11.8. The maximum Gasteiger partial charge on any atom is 0.416 e. The Morgan fingerprint density at radius 2 is 1.80 bits per heavy atom. The molecule has 0 aliphatic rings. The van der Waals surface area contributed by atoms with Crippen molar-refractivity contribution >= 4 is 0 Å². The van der Waals surface area contributed by atoms with E-state index >= 15 is 0 Å². The van der Waals surface area contributed by atoms with Crippen molar-refractivity contribution in [2.24, 2.45) is 5.18 Å². The molecular formula is C5H8F3NO. The van der Waals surface area contributed by atoms with Crippen LogP contribution in [0.15, 0.2) is 5.18 Å². The van der Waals surface area contributed by atoms with Gasteiger partial charge in [-0.2, -0.15) is 13.2 Å². The molecule has 0 saturated carbocycles. The minimum atomic E-state index is -4.52. The Bertz CT molecular complexity index is 133. The van der Waals surface area contributed by atoms with Gasteiger partial charge in [0.25, 0.3) is 0 Å². The number of hydrogen-bond acceptors (Lipinski definition) is 2. The molecule has 0 aromatic heterocycles. The van der Waals surface area contributed by atoms with Crippen molar-refractivity contribution in [1.82, 2.24) is 0 Å². The number of rotatable bonds is 2. The summed E-state index contributed by atoms with van der Waals surface area (Å²) in [5, 5.41) is 2.03. The smallest absolute Gasteiger partial charge is 0.168 e. The monoisotopic (exact) mass is 155 g/mol. The third kappa shape index (κ3) is 1.46. The summed E-state index contributed by atoms with van der Waals surface area (Å²) in [7, 11) is 0. The lowest BCUT2D eigenvalue weighted by molar-refractivity contribution is -0.180. The van der Waals surface area contributed by atoms with Gasteiger partial charge in [-0.3, -0.25) is 0 Å². The second-order valence-electron chi connectivity index (χ2n) is 2.22. The van der Waals surface area contributed by atoms with Crippen molar-refractivity contribution in [3.05, 3.63) is 4.91 Å². The van der Waals surface area contributed by atoms with Crippen molar-refractivity contribution in [3.63, 3.8) is 0 Å². The Morgan fingerprint density at radius 3 is 1.80 bits per heavy atom. The fraction of sp³-hybridized carbons (Fsp3) is 1.00. The first-order chi connectivity index (χ1) is 4.37. The Morgan fingerprint density at radius 1 is 1.40 bits per heavy atom. The zero-order chi connectivity index (χ0) is 8.41. The first-order valence-corrected chi connectivity index (χ1v) is 2.78. The van der Waals surface area contributed by atoms with Gasteiger partial charge in [0.15, 0.2) is 5.54 Å². The highest BCUT2D eigenvalue weighted by molar-refractivity contribution is 4.88. The van der Waals surface area contributed by atoms with Gasteiger partial charge in [-0.05, 0) is 13.3 Å². The Balaban J connectivity index is 4.48. The first-order valence-electron chi connectivity index (χ1n) is 2.78. The number of halogens is 3. The van der Waals surface area contributed by atoms with E-state index in [1.54, 1.807) is 0 Å². The average molecular weight is 155 g/mol. The zero-order valence-corrected chi connectivity index (χ0v) is 5.70. The fourth-order valence-electron chi connectivity index (χ4n) is 0.317. The molecule has 1 atom stereocenters. The van der Waals surface area contributed by atoms with Gasteiger partial charge in [0, 0.05) is 0 Å². The highest BCUT2D eigenvalue weighted by Gasteiger charge is 2.51. The molecule has 0 aliphatic heterocycles. The molecular weight excluding hydrogens is 147 g/mol. The van der Waals surface area contributed by atoms with Crippen LogP contribution in [0.1, 0.15) is 20.3 Å². The predicted octanol–water partition coefficient (Wildman–Crippen LogP) is 2.48. The summed E-state index contributed by atoms with van der Waals surface area (Å²) in [6.07, 6.45) is -4.84. The van der Waals surface area contributed by atoms with E-state index in [1.165, 1.54) is 6.92 Å². The van der Waals surface area contributed by atoms with E-state index in [4.69, 9.17) is 0 Å². The molecule has 0 spiro atoms. The Labute approximate surface area is 56.4 Å². The minimum absolute atomic E-state index is 0.319. The maximum atomic E-state index is 11.8. The van der Waals surface area contributed by atoms with Crippen molar-refractivity contribution < 1.29 is 13.2 Å².